The number of carbonyl (C=O) groups excluding carboxylic acids is 1. The fourth-order valence-corrected chi connectivity index (χ4v) is 6.98. The molecule has 4 atom stereocenters. The number of amides is 1. The highest BCUT2D eigenvalue weighted by Gasteiger charge is 2.67. The van der Waals surface area contributed by atoms with E-state index in [0.29, 0.717) is 24.1 Å². The first-order chi connectivity index (χ1) is 14.1. The molecule has 3 unspecified atom stereocenters. The van der Waals surface area contributed by atoms with E-state index in [0.717, 1.165) is 37.4 Å². The van der Waals surface area contributed by atoms with Gasteiger partial charge in [0.25, 0.3) is 0 Å². The molecule has 3 fully saturated rings. The molecule has 1 aromatic rings. The van der Waals surface area contributed by atoms with Crippen LogP contribution < -0.4 is 14.4 Å². The number of carbonyl (C=O) groups is 1. The molecule has 1 aromatic carbocycles. The van der Waals surface area contributed by atoms with E-state index < -0.39 is 0 Å². The molecule has 0 radical (unpaired) electrons. The Hall–Kier alpha value is -2.35. The smallest absolute Gasteiger partial charge is 0.231 e. The Morgan fingerprint density at radius 2 is 2.03 bits per heavy atom. The first-order valence-electron chi connectivity index (χ1n) is 10.5. The number of hydrogen-bond acceptors (Lipinski definition) is 5. The predicted octanol–water partition coefficient (Wildman–Crippen LogP) is 1.19. The van der Waals surface area contributed by atoms with Gasteiger partial charge < -0.3 is 25.0 Å². The van der Waals surface area contributed by atoms with Gasteiger partial charge in [-0.25, -0.2) is 0 Å². The summed E-state index contributed by atoms with van der Waals surface area (Å²) in [5.41, 5.74) is 4.83. The zero-order valence-corrected chi connectivity index (χ0v) is 17.4. The number of nitrogens with zero attached hydrogens (tertiary/aromatic N) is 2. The summed E-state index contributed by atoms with van der Waals surface area (Å²) in [6.07, 6.45) is 6.70. The number of ether oxygens (including phenoxy) is 2. The van der Waals surface area contributed by atoms with Crippen molar-refractivity contribution in [3.8, 4) is 11.5 Å². The van der Waals surface area contributed by atoms with Crippen molar-refractivity contribution in [1.82, 2.24) is 4.90 Å². The van der Waals surface area contributed by atoms with Crippen molar-refractivity contribution in [2.24, 2.45) is 5.92 Å². The number of methoxy groups -OCH3 is 2. The van der Waals surface area contributed by atoms with Gasteiger partial charge in [-0.1, -0.05) is 17.7 Å². The topological polar surface area (TPSA) is 93.7 Å². The molecule has 30 heavy (non-hydrogen) atoms. The maximum Gasteiger partial charge on any atom is 0.231 e. The molecule has 1 saturated carbocycles. The molecule has 4 aliphatic heterocycles. The Bertz CT molecular complexity index is 986. The maximum absolute atomic E-state index is 13.2. The van der Waals surface area contributed by atoms with Crippen LogP contribution in [-0.4, -0.2) is 67.4 Å². The third-order valence-corrected chi connectivity index (χ3v) is 8.00. The SMILES string of the molecule is COc1cc2c(cc1OC)C13CCN4C/C(=C\CO)C(CC41)C1=CCC(=O)N2[C@@H]13.O. The van der Waals surface area contributed by atoms with Gasteiger partial charge in [-0.3, -0.25) is 9.69 Å². The quantitative estimate of drug-likeness (QED) is 0.753. The third kappa shape index (κ3) is 2.12. The van der Waals surface area contributed by atoms with Gasteiger partial charge in [-0.05, 0) is 36.6 Å². The van der Waals surface area contributed by atoms with Gasteiger partial charge >= 0.3 is 0 Å². The lowest BCUT2D eigenvalue weighted by Gasteiger charge is -2.54. The molecule has 2 saturated heterocycles. The van der Waals surface area contributed by atoms with Crippen molar-refractivity contribution >= 4 is 11.6 Å². The van der Waals surface area contributed by atoms with Crippen LogP contribution in [0.5, 0.6) is 11.5 Å². The normalized spacial score (nSPS) is 34.3. The Labute approximate surface area is 175 Å². The molecule has 0 aromatic heterocycles. The molecular formula is C23H28N2O5. The van der Waals surface area contributed by atoms with E-state index >= 15 is 0 Å². The number of fused-ring (bicyclic) bond motifs is 4. The highest BCUT2D eigenvalue weighted by Crippen LogP contribution is 2.65. The summed E-state index contributed by atoms with van der Waals surface area (Å²) in [6.45, 7) is 2.00. The molecule has 4 heterocycles. The van der Waals surface area contributed by atoms with Gasteiger partial charge in [0.2, 0.25) is 5.91 Å². The Morgan fingerprint density at radius 3 is 2.77 bits per heavy atom. The lowest BCUT2D eigenvalue weighted by atomic mass is 9.57. The van der Waals surface area contributed by atoms with Crippen molar-refractivity contribution in [2.75, 3.05) is 38.8 Å². The Morgan fingerprint density at radius 1 is 1.27 bits per heavy atom. The van der Waals surface area contributed by atoms with Crippen molar-refractivity contribution in [3.05, 3.63) is 41.0 Å². The molecule has 3 N–H and O–H groups in total. The van der Waals surface area contributed by atoms with Crippen LogP contribution >= 0.6 is 0 Å². The van der Waals surface area contributed by atoms with Crippen LogP contribution in [0.25, 0.3) is 0 Å². The summed E-state index contributed by atoms with van der Waals surface area (Å²) < 4.78 is 11.2. The van der Waals surface area contributed by atoms with Crippen molar-refractivity contribution in [2.45, 2.75) is 36.8 Å². The van der Waals surface area contributed by atoms with E-state index in [-0.39, 0.29) is 29.4 Å². The summed E-state index contributed by atoms with van der Waals surface area (Å²) >= 11 is 0. The van der Waals surface area contributed by atoms with E-state index in [9.17, 15) is 9.90 Å². The van der Waals surface area contributed by atoms with Crippen LogP contribution in [0.15, 0.2) is 35.4 Å². The number of aliphatic hydroxyl groups excluding tert-OH is 1. The van der Waals surface area contributed by atoms with Crippen LogP contribution in [0.2, 0.25) is 0 Å². The van der Waals surface area contributed by atoms with Crippen LogP contribution in [-0.2, 0) is 10.2 Å². The zero-order valence-electron chi connectivity index (χ0n) is 17.4. The molecular weight excluding hydrogens is 384 g/mol. The number of aliphatic hydroxyl groups is 1. The Kier molecular flexibility index (Phi) is 4.29. The molecule has 160 valence electrons. The number of benzene rings is 1. The van der Waals surface area contributed by atoms with Crippen molar-refractivity contribution < 1.29 is 24.9 Å². The average molecular weight is 412 g/mol. The highest BCUT2D eigenvalue weighted by molar-refractivity contribution is 6.01. The van der Waals surface area contributed by atoms with Gasteiger partial charge in [0, 0.05) is 36.4 Å². The minimum Gasteiger partial charge on any atom is -0.493 e. The number of rotatable bonds is 3. The fourth-order valence-electron chi connectivity index (χ4n) is 6.98. The minimum absolute atomic E-state index is 0. The summed E-state index contributed by atoms with van der Waals surface area (Å²) in [4.78, 5) is 17.8. The van der Waals surface area contributed by atoms with E-state index in [1.165, 1.54) is 16.7 Å². The third-order valence-electron chi connectivity index (χ3n) is 8.00. The molecule has 2 bridgehead atoms. The van der Waals surface area contributed by atoms with Crippen molar-refractivity contribution in [3.63, 3.8) is 0 Å². The van der Waals surface area contributed by atoms with Gasteiger partial charge in [-0.15, -0.1) is 0 Å². The van der Waals surface area contributed by atoms with Gasteiger partial charge in [0.05, 0.1) is 32.6 Å². The van der Waals surface area contributed by atoms with E-state index in [1.54, 1.807) is 14.2 Å². The second kappa shape index (κ2) is 6.57. The lowest BCUT2D eigenvalue weighted by Crippen LogP contribution is -2.62. The molecule has 1 aliphatic carbocycles. The summed E-state index contributed by atoms with van der Waals surface area (Å²) in [6, 6.07) is 4.59. The Balaban J connectivity index is 0.00000193. The number of anilines is 1. The van der Waals surface area contributed by atoms with Gasteiger partial charge in [0.1, 0.15) is 0 Å². The monoisotopic (exact) mass is 412 g/mol. The largest absolute Gasteiger partial charge is 0.493 e. The van der Waals surface area contributed by atoms with Gasteiger partial charge in [0.15, 0.2) is 11.5 Å². The molecule has 7 nitrogen and oxygen atoms in total. The fraction of sp³-hybridized carbons (Fsp3) is 0.522. The molecule has 1 spiro atoms. The first kappa shape index (κ1) is 19.6. The van der Waals surface area contributed by atoms with E-state index in [2.05, 4.69) is 21.9 Å². The standard InChI is InChI=1S/C23H26N2O4.H2O/c1-28-18-10-16-17(11-19(18)29-2)25-21(27)4-3-14-15-9-20-23(16,22(14)25)6-7-24(20)12-13(15)5-8-26;/h3,5,10-11,15,20,22,26H,4,6-9,12H2,1-2H3;1H2/b13-5+;/t15?,20?,22-,23?;/m0./s1. The van der Waals surface area contributed by atoms with E-state index in [1.807, 2.05) is 12.1 Å². The van der Waals surface area contributed by atoms with Crippen LogP contribution in [0.4, 0.5) is 5.69 Å². The summed E-state index contributed by atoms with van der Waals surface area (Å²) in [5.74, 6) is 1.89. The number of piperidine rings is 1. The predicted molar refractivity (Wildman–Crippen MR) is 112 cm³/mol. The van der Waals surface area contributed by atoms with E-state index in [4.69, 9.17) is 9.47 Å². The van der Waals surface area contributed by atoms with Crippen molar-refractivity contribution in [1.29, 1.82) is 0 Å². The maximum atomic E-state index is 13.2. The highest BCUT2D eigenvalue weighted by atomic mass is 16.5. The first-order valence-corrected chi connectivity index (χ1v) is 10.5. The molecule has 1 amide bonds. The average Bonchev–Trinajstić information content (AvgIpc) is 3.27. The molecule has 6 rings (SSSR count). The number of hydrogen-bond donors (Lipinski definition) is 1. The second-order valence-corrected chi connectivity index (χ2v) is 8.83. The van der Waals surface area contributed by atoms with Crippen LogP contribution in [0.3, 0.4) is 0 Å². The molecule has 7 heteroatoms. The van der Waals surface area contributed by atoms with Crippen LogP contribution in [0, 0.1) is 5.92 Å². The minimum atomic E-state index is -0.0853. The summed E-state index contributed by atoms with van der Waals surface area (Å²) in [7, 11) is 3.31. The lowest BCUT2D eigenvalue weighted by molar-refractivity contribution is -0.118. The van der Waals surface area contributed by atoms with Gasteiger partial charge in [-0.2, -0.15) is 0 Å². The van der Waals surface area contributed by atoms with Crippen LogP contribution in [0.1, 0.15) is 24.8 Å². The molecule has 5 aliphatic rings. The summed E-state index contributed by atoms with van der Waals surface area (Å²) in [5, 5.41) is 9.59. The zero-order chi connectivity index (χ0) is 19.9. The second-order valence-electron chi connectivity index (χ2n) is 8.83.